The first-order valence-electron chi connectivity index (χ1n) is 10.8. The third-order valence-electron chi connectivity index (χ3n) is 7.40. The van der Waals surface area contributed by atoms with Gasteiger partial charge in [-0.3, -0.25) is 9.88 Å². The normalized spacial score (nSPS) is 26.2. The van der Waals surface area contributed by atoms with E-state index in [9.17, 15) is 0 Å². The minimum absolute atomic E-state index is 0.221. The number of nitrogens with zero attached hydrogens (tertiary/aromatic N) is 3. The van der Waals surface area contributed by atoms with Crippen LogP contribution in [0.5, 0.6) is 0 Å². The Morgan fingerprint density at radius 2 is 2.00 bits per heavy atom. The summed E-state index contributed by atoms with van der Waals surface area (Å²) in [4.78, 5) is 7.71. The highest BCUT2D eigenvalue weighted by Crippen LogP contribution is 2.57. The van der Waals surface area contributed by atoms with Crippen LogP contribution in [0.1, 0.15) is 54.9 Å². The predicted molar refractivity (Wildman–Crippen MR) is 114 cm³/mol. The number of aryl methyl sites for hydroxylation is 1. The minimum Gasteiger partial charge on any atom is -0.310 e. The molecule has 0 N–H and O–H groups in total. The van der Waals surface area contributed by atoms with E-state index in [1.807, 2.05) is 0 Å². The van der Waals surface area contributed by atoms with Crippen LogP contribution in [0.25, 0.3) is 16.6 Å². The zero-order valence-corrected chi connectivity index (χ0v) is 16.8. The summed E-state index contributed by atoms with van der Waals surface area (Å²) in [5, 5.41) is 1.44. The number of hydrogen-bond donors (Lipinski definition) is 0. The number of para-hydroxylation sites is 1. The SMILES string of the molecule is CC[C@@]12C=C(c3cccc(C)n3)n3c4c(c5ccccc53)CCN(CCC1)[C@H]42. The molecule has 3 nitrogen and oxygen atoms in total. The number of rotatable bonds is 2. The first-order chi connectivity index (χ1) is 13.7. The van der Waals surface area contributed by atoms with E-state index in [0.29, 0.717) is 6.04 Å². The molecule has 3 aromatic rings. The van der Waals surface area contributed by atoms with Crippen LogP contribution in [0.2, 0.25) is 0 Å². The third kappa shape index (κ3) is 2.06. The molecule has 3 aliphatic heterocycles. The molecule has 0 bridgehead atoms. The van der Waals surface area contributed by atoms with Crippen LogP contribution in [0.4, 0.5) is 0 Å². The molecule has 1 aromatic carbocycles. The average molecular weight is 370 g/mol. The Labute approximate surface area is 166 Å². The second kappa shape index (κ2) is 5.81. The summed E-state index contributed by atoms with van der Waals surface area (Å²) in [5.41, 5.74) is 8.18. The second-order valence-corrected chi connectivity index (χ2v) is 8.79. The maximum absolute atomic E-state index is 4.95. The van der Waals surface area contributed by atoms with Gasteiger partial charge in [0.25, 0.3) is 0 Å². The van der Waals surface area contributed by atoms with Crippen molar-refractivity contribution in [2.75, 3.05) is 13.1 Å². The Bertz CT molecular complexity index is 1120. The fourth-order valence-electron chi connectivity index (χ4n) is 6.15. The molecule has 3 aliphatic rings. The van der Waals surface area contributed by atoms with E-state index in [0.717, 1.165) is 17.8 Å². The molecule has 3 heteroatoms. The van der Waals surface area contributed by atoms with Crippen LogP contribution >= 0.6 is 0 Å². The lowest BCUT2D eigenvalue weighted by atomic mass is 9.66. The molecule has 0 radical (unpaired) electrons. The number of hydrogen-bond acceptors (Lipinski definition) is 2. The number of fused-ring (bicyclic) bond motifs is 3. The van der Waals surface area contributed by atoms with E-state index in [1.54, 1.807) is 11.3 Å². The molecule has 0 spiro atoms. The van der Waals surface area contributed by atoms with Crippen LogP contribution < -0.4 is 0 Å². The Kier molecular flexibility index (Phi) is 3.43. The first kappa shape index (κ1) is 16.6. The molecule has 0 unspecified atom stereocenters. The van der Waals surface area contributed by atoms with E-state index in [-0.39, 0.29) is 5.41 Å². The first-order valence-corrected chi connectivity index (χ1v) is 10.8. The Balaban J connectivity index is 1.73. The lowest BCUT2D eigenvalue weighted by molar-refractivity contribution is 0.0271. The van der Waals surface area contributed by atoms with Crippen molar-refractivity contribution < 1.29 is 0 Å². The summed E-state index contributed by atoms with van der Waals surface area (Å²) in [5.74, 6) is 0. The highest BCUT2D eigenvalue weighted by atomic mass is 15.2. The maximum Gasteiger partial charge on any atom is 0.0870 e. The highest BCUT2D eigenvalue weighted by Gasteiger charge is 2.50. The fraction of sp³-hybridized carbons (Fsp3) is 0.400. The Morgan fingerprint density at radius 3 is 2.86 bits per heavy atom. The van der Waals surface area contributed by atoms with Gasteiger partial charge in [0.15, 0.2) is 0 Å². The summed E-state index contributed by atoms with van der Waals surface area (Å²) in [6.07, 6.45) is 7.52. The number of aromatic nitrogens is 2. The molecule has 28 heavy (non-hydrogen) atoms. The van der Waals surface area contributed by atoms with Gasteiger partial charge in [0.2, 0.25) is 0 Å². The van der Waals surface area contributed by atoms with Crippen LogP contribution in [0.15, 0.2) is 48.5 Å². The van der Waals surface area contributed by atoms with Gasteiger partial charge in [-0.1, -0.05) is 31.2 Å². The standard InChI is InChI=1S/C25H27N3/c1-3-25-13-7-14-27-15-12-19-18-9-4-5-11-21(18)28(23(19)24(25)27)22(16-25)20-10-6-8-17(2)26-20/h4-6,8-11,16,24H,3,7,12-15H2,1-2H3/t24-,25+/m1/s1. The van der Waals surface area contributed by atoms with Gasteiger partial charge in [-0.05, 0) is 69.0 Å². The van der Waals surface area contributed by atoms with Crippen LogP contribution in [0, 0.1) is 12.3 Å². The van der Waals surface area contributed by atoms with Gasteiger partial charge in [-0.2, -0.15) is 0 Å². The Morgan fingerprint density at radius 1 is 1.11 bits per heavy atom. The molecule has 6 rings (SSSR count). The average Bonchev–Trinajstić information content (AvgIpc) is 3.07. The summed E-state index contributed by atoms with van der Waals surface area (Å²) in [7, 11) is 0. The summed E-state index contributed by atoms with van der Waals surface area (Å²) < 4.78 is 2.56. The van der Waals surface area contributed by atoms with Gasteiger partial charge in [-0.15, -0.1) is 0 Å². The molecule has 0 saturated carbocycles. The fourth-order valence-corrected chi connectivity index (χ4v) is 6.15. The molecule has 2 aromatic heterocycles. The molecule has 142 valence electrons. The smallest absolute Gasteiger partial charge is 0.0870 e. The van der Waals surface area contributed by atoms with Crippen molar-refractivity contribution in [1.29, 1.82) is 0 Å². The van der Waals surface area contributed by atoms with Gasteiger partial charge in [-0.25, -0.2) is 0 Å². The second-order valence-electron chi connectivity index (χ2n) is 8.79. The summed E-state index contributed by atoms with van der Waals surface area (Å²) >= 11 is 0. The van der Waals surface area contributed by atoms with Crippen molar-refractivity contribution in [2.45, 2.75) is 45.6 Å². The highest BCUT2D eigenvalue weighted by molar-refractivity contribution is 5.91. The Hall–Kier alpha value is -2.39. The zero-order valence-electron chi connectivity index (χ0n) is 16.8. The molecule has 0 aliphatic carbocycles. The molecular formula is C25H27N3. The monoisotopic (exact) mass is 369 g/mol. The lowest BCUT2D eigenvalue weighted by Crippen LogP contribution is -2.50. The van der Waals surface area contributed by atoms with Crippen molar-refractivity contribution in [2.24, 2.45) is 5.41 Å². The minimum atomic E-state index is 0.221. The van der Waals surface area contributed by atoms with Crippen molar-refractivity contribution >= 4 is 16.6 Å². The summed E-state index contributed by atoms with van der Waals surface area (Å²) in [6.45, 7) is 6.91. The molecule has 1 fully saturated rings. The summed E-state index contributed by atoms with van der Waals surface area (Å²) in [6, 6.07) is 15.9. The predicted octanol–water partition coefficient (Wildman–Crippen LogP) is 5.34. The molecule has 2 atom stereocenters. The topological polar surface area (TPSA) is 21.1 Å². The maximum atomic E-state index is 4.95. The van der Waals surface area contributed by atoms with Crippen molar-refractivity contribution in [3.63, 3.8) is 0 Å². The van der Waals surface area contributed by atoms with Gasteiger partial charge in [0.1, 0.15) is 0 Å². The van der Waals surface area contributed by atoms with Crippen molar-refractivity contribution in [3.8, 4) is 0 Å². The van der Waals surface area contributed by atoms with E-state index in [4.69, 9.17) is 4.98 Å². The van der Waals surface area contributed by atoms with Crippen molar-refractivity contribution in [1.82, 2.24) is 14.5 Å². The number of pyridine rings is 1. The zero-order chi connectivity index (χ0) is 18.9. The van der Waals surface area contributed by atoms with Crippen molar-refractivity contribution in [3.05, 3.63) is 71.2 Å². The van der Waals surface area contributed by atoms with E-state index >= 15 is 0 Å². The van der Waals surface area contributed by atoms with Gasteiger partial charge >= 0.3 is 0 Å². The van der Waals surface area contributed by atoms with Gasteiger partial charge in [0.05, 0.1) is 22.9 Å². The third-order valence-corrected chi connectivity index (χ3v) is 7.40. The van der Waals surface area contributed by atoms with Crippen LogP contribution in [-0.2, 0) is 6.42 Å². The van der Waals surface area contributed by atoms with E-state index < -0.39 is 0 Å². The van der Waals surface area contributed by atoms with Crippen LogP contribution in [-0.4, -0.2) is 27.5 Å². The molecule has 5 heterocycles. The van der Waals surface area contributed by atoms with Gasteiger partial charge < -0.3 is 4.57 Å². The van der Waals surface area contributed by atoms with E-state index in [2.05, 4.69) is 71.9 Å². The largest absolute Gasteiger partial charge is 0.310 e. The quantitative estimate of drug-likeness (QED) is 0.608. The number of benzene rings is 1. The molecule has 1 saturated heterocycles. The lowest BCUT2D eigenvalue weighted by Gasteiger charge is -2.53. The van der Waals surface area contributed by atoms with Gasteiger partial charge in [0, 0.05) is 28.7 Å². The van der Waals surface area contributed by atoms with Crippen LogP contribution in [0.3, 0.4) is 0 Å². The number of piperidine rings is 1. The van der Waals surface area contributed by atoms with E-state index in [1.165, 1.54) is 49.0 Å². The molecular weight excluding hydrogens is 342 g/mol. The molecule has 0 amide bonds.